The molecule has 4 rings (SSSR count). The lowest BCUT2D eigenvalue weighted by Crippen LogP contribution is -2.29. The maximum atomic E-state index is 13.7. The number of amides is 1. The van der Waals surface area contributed by atoms with Crippen LogP contribution >= 0.6 is 0 Å². The van der Waals surface area contributed by atoms with Gasteiger partial charge in [-0.25, -0.2) is 9.37 Å². The number of aryl methyl sites for hydroxylation is 1. The molecule has 4 aromatic rings. The normalized spacial score (nSPS) is 11.2. The third kappa shape index (κ3) is 4.03. The first-order chi connectivity index (χ1) is 14.1. The van der Waals surface area contributed by atoms with Crippen molar-refractivity contribution in [3.8, 4) is 0 Å². The molecular formula is C22H21FN4O2. The number of unbranched alkanes of at least 4 members (excludes halogenated alkanes) is 2. The molecular weight excluding hydrogens is 371 g/mol. The maximum absolute atomic E-state index is 13.7. The Labute approximate surface area is 166 Å². The van der Waals surface area contributed by atoms with Crippen molar-refractivity contribution in [3.63, 3.8) is 0 Å². The van der Waals surface area contributed by atoms with E-state index in [1.54, 1.807) is 0 Å². The average molecular weight is 392 g/mol. The van der Waals surface area contributed by atoms with E-state index in [2.05, 4.69) is 20.3 Å². The van der Waals surface area contributed by atoms with Crippen molar-refractivity contribution >= 4 is 27.8 Å². The fraction of sp³-hybridized carbons (Fsp3) is 0.227. The van der Waals surface area contributed by atoms with Gasteiger partial charge in [0.25, 0.3) is 5.91 Å². The lowest BCUT2D eigenvalue weighted by molar-refractivity contribution is 0.0951. The number of imidazole rings is 1. The number of H-pyrrole nitrogens is 2. The summed E-state index contributed by atoms with van der Waals surface area (Å²) >= 11 is 0. The molecule has 0 spiro atoms. The van der Waals surface area contributed by atoms with Crippen LogP contribution in [0.25, 0.3) is 21.9 Å². The van der Waals surface area contributed by atoms with Gasteiger partial charge in [-0.3, -0.25) is 9.59 Å². The van der Waals surface area contributed by atoms with Crippen molar-refractivity contribution in [2.75, 3.05) is 6.54 Å². The predicted molar refractivity (Wildman–Crippen MR) is 111 cm³/mol. The molecule has 1 amide bonds. The van der Waals surface area contributed by atoms with Crippen LogP contribution in [0, 0.1) is 5.82 Å². The summed E-state index contributed by atoms with van der Waals surface area (Å²) in [7, 11) is 0. The summed E-state index contributed by atoms with van der Waals surface area (Å²) in [5, 5.41) is 2.93. The monoisotopic (exact) mass is 392 g/mol. The van der Waals surface area contributed by atoms with Crippen LogP contribution in [0.4, 0.5) is 4.39 Å². The SMILES string of the molecule is O=C(NCCCCCc1nc2ccccc2[nH]1)c1c[nH]c2c(F)cccc2c1=O. The van der Waals surface area contributed by atoms with Crippen molar-refractivity contribution in [2.24, 2.45) is 0 Å². The minimum atomic E-state index is -0.518. The standard InChI is InChI=1S/C22H21FN4O2/c23-16-8-6-7-14-20(16)25-13-15(21(14)28)22(29)24-12-5-1-2-11-19-26-17-9-3-4-10-18(17)27-19/h3-4,6-10,13H,1-2,5,11-12H2,(H,24,29)(H,25,28)(H,26,27). The number of benzene rings is 2. The number of pyridine rings is 1. The summed E-state index contributed by atoms with van der Waals surface area (Å²) in [5.41, 5.74) is 1.64. The summed E-state index contributed by atoms with van der Waals surface area (Å²) in [5.74, 6) is -0.00382. The molecule has 0 saturated heterocycles. The smallest absolute Gasteiger partial charge is 0.256 e. The molecule has 2 heterocycles. The van der Waals surface area contributed by atoms with Crippen LogP contribution in [0.5, 0.6) is 0 Å². The summed E-state index contributed by atoms with van der Waals surface area (Å²) in [6.07, 6.45) is 4.79. The van der Waals surface area contributed by atoms with Crippen LogP contribution < -0.4 is 10.7 Å². The molecule has 0 saturated carbocycles. The number of nitrogens with one attached hydrogen (secondary N) is 3. The zero-order chi connectivity index (χ0) is 20.2. The van der Waals surface area contributed by atoms with Crippen LogP contribution in [-0.2, 0) is 6.42 Å². The maximum Gasteiger partial charge on any atom is 0.256 e. The molecule has 0 aliphatic heterocycles. The molecule has 148 valence electrons. The highest BCUT2D eigenvalue weighted by molar-refractivity contribution is 5.97. The largest absolute Gasteiger partial charge is 0.358 e. The van der Waals surface area contributed by atoms with E-state index in [0.29, 0.717) is 6.54 Å². The molecule has 2 aromatic heterocycles. The second-order valence-corrected chi connectivity index (χ2v) is 6.96. The molecule has 0 aliphatic rings. The number of hydrogen-bond donors (Lipinski definition) is 3. The number of aromatic nitrogens is 3. The quantitative estimate of drug-likeness (QED) is 0.419. The van der Waals surface area contributed by atoms with Gasteiger partial charge in [-0.05, 0) is 37.1 Å². The van der Waals surface area contributed by atoms with Crippen molar-refractivity contribution < 1.29 is 9.18 Å². The minimum absolute atomic E-state index is 0.00891. The van der Waals surface area contributed by atoms with Gasteiger partial charge in [0.2, 0.25) is 5.43 Å². The number of hydrogen-bond acceptors (Lipinski definition) is 3. The third-order valence-corrected chi connectivity index (χ3v) is 4.92. The van der Waals surface area contributed by atoms with E-state index in [9.17, 15) is 14.0 Å². The Morgan fingerprint density at radius 3 is 2.79 bits per heavy atom. The molecule has 0 radical (unpaired) electrons. The third-order valence-electron chi connectivity index (χ3n) is 4.92. The molecule has 0 aliphatic carbocycles. The first-order valence-electron chi connectivity index (χ1n) is 9.65. The van der Waals surface area contributed by atoms with Crippen LogP contribution in [0.15, 0.2) is 53.5 Å². The van der Waals surface area contributed by atoms with Gasteiger partial charge in [-0.1, -0.05) is 24.6 Å². The number of para-hydroxylation sites is 3. The first kappa shape index (κ1) is 18.9. The predicted octanol–water partition coefficient (Wildman–Crippen LogP) is 3.69. The lowest BCUT2D eigenvalue weighted by atomic mass is 10.1. The summed E-state index contributed by atoms with van der Waals surface area (Å²) < 4.78 is 13.7. The highest BCUT2D eigenvalue weighted by atomic mass is 19.1. The molecule has 29 heavy (non-hydrogen) atoms. The second kappa shape index (κ2) is 8.26. The van der Waals surface area contributed by atoms with E-state index in [1.807, 2.05) is 24.3 Å². The van der Waals surface area contributed by atoms with E-state index in [0.717, 1.165) is 42.5 Å². The zero-order valence-corrected chi connectivity index (χ0v) is 15.8. The van der Waals surface area contributed by atoms with Crippen LogP contribution in [0.2, 0.25) is 0 Å². The molecule has 7 heteroatoms. The minimum Gasteiger partial charge on any atom is -0.358 e. The topological polar surface area (TPSA) is 90.6 Å². The molecule has 3 N–H and O–H groups in total. The number of nitrogens with zero attached hydrogens (tertiary/aromatic N) is 1. The lowest BCUT2D eigenvalue weighted by Gasteiger charge is -2.06. The van der Waals surface area contributed by atoms with Gasteiger partial charge in [0, 0.05) is 24.5 Å². The van der Waals surface area contributed by atoms with Gasteiger partial charge in [-0.15, -0.1) is 0 Å². The molecule has 0 atom stereocenters. The zero-order valence-electron chi connectivity index (χ0n) is 15.8. The van der Waals surface area contributed by atoms with E-state index >= 15 is 0 Å². The molecule has 2 aromatic carbocycles. The van der Waals surface area contributed by atoms with Gasteiger partial charge >= 0.3 is 0 Å². The Balaban J connectivity index is 1.26. The van der Waals surface area contributed by atoms with Crippen molar-refractivity contribution in [2.45, 2.75) is 25.7 Å². The van der Waals surface area contributed by atoms with Crippen molar-refractivity contribution in [1.82, 2.24) is 20.3 Å². The summed E-state index contributed by atoms with van der Waals surface area (Å²) in [4.78, 5) is 35.3. The fourth-order valence-electron chi connectivity index (χ4n) is 3.40. The molecule has 0 bridgehead atoms. The van der Waals surface area contributed by atoms with Gasteiger partial charge in [0.1, 0.15) is 17.2 Å². The van der Waals surface area contributed by atoms with E-state index in [-0.39, 0.29) is 16.5 Å². The van der Waals surface area contributed by atoms with Crippen molar-refractivity contribution in [1.29, 1.82) is 0 Å². The highest BCUT2D eigenvalue weighted by Gasteiger charge is 2.14. The Hall–Kier alpha value is -3.48. The Bertz CT molecular complexity index is 1200. The van der Waals surface area contributed by atoms with E-state index < -0.39 is 17.2 Å². The fourth-order valence-corrected chi connectivity index (χ4v) is 3.40. The van der Waals surface area contributed by atoms with Gasteiger partial charge < -0.3 is 15.3 Å². The number of fused-ring (bicyclic) bond motifs is 2. The molecule has 0 fully saturated rings. The number of carbonyl (C=O) groups is 1. The Kier molecular flexibility index (Phi) is 5.37. The number of halogens is 1. The number of carbonyl (C=O) groups excluding carboxylic acids is 1. The van der Waals surface area contributed by atoms with E-state index in [4.69, 9.17) is 0 Å². The Morgan fingerprint density at radius 1 is 1.07 bits per heavy atom. The van der Waals surface area contributed by atoms with Gasteiger partial charge in [0.05, 0.1) is 16.6 Å². The van der Waals surface area contributed by atoms with Crippen LogP contribution in [-0.4, -0.2) is 27.4 Å². The first-order valence-corrected chi connectivity index (χ1v) is 9.65. The van der Waals surface area contributed by atoms with Crippen LogP contribution in [0.3, 0.4) is 0 Å². The number of rotatable bonds is 7. The number of aromatic amines is 2. The summed E-state index contributed by atoms with van der Waals surface area (Å²) in [6, 6.07) is 12.2. The molecule has 0 unspecified atom stereocenters. The van der Waals surface area contributed by atoms with Gasteiger partial charge in [-0.2, -0.15) is 0 Å². The Morgan fingerprint density at radius 2 is 1.93 bits per heavy atom. The average Bonchev–Trinajstić information content (AvgIpc) is 3.14. The second-order valence-electron chi connectivity index (χ2n) is 6.96. The molecule has 6 nitrogen and oxygen atoms in total. The van der Waals surface area contributed by atoms with E-state index in [1.165, 1.54) is 24.4 Å². The van der Waals surface area contributed by atoms with Gasteiger partial charge in [0.15, 0.2) is 0 Å². The van der Waals surface area contributed by atoms with Crippen molar-refractivity contribution in [3.05, 3.63) is 76.1 Å². The summed E-state index contributed by atoms with van der Waals surface area (Å²) in [6.45, 7) is 0.472. The highest BCUT2D eigenvalue weighted by Crippen LogP contribution is 2.13. The van der Waals surface area contributed by atoms with Crippen LogP contribution in [0.1, 0.15) is 35.4 Å².